The number of nitrogens with zero attached hydrogens (tertiary/aromatic N) is 4. The van der Waals surface area contributed by atoms with Crippen molar-refractivity contribution in [3.63, 3.8) is 0 Å². The number of hydrogen-bond donors (Lipinski definition) is 0. The van der Waals surface area contributed by atoms with E-state index in [-0.39, 0.29) is 0 Å². The minimum absolute atomic E-state index is 0.670. The van der Waals surface area contributed by atoms with Gasteiger partial charge in [0.1, 0.15) is 0 Å². The van der Waals surface area contributed by atoms with Crippen LogP contribution >= 0.6 is 22.7 Å². The lowest BCUT2D eigenvalue weighted by atomic mass is 10.1. The molecule has 0 atom stereocenters. The van der Waals surface area contributed by atoms with E-state index in [1.54, 1.807) is 0 Å². The van der Waals surface area contributed by atoms with Gasteiger partial charge in [0.25, 0.3) is 0 Å². The number of rotatable bonds is 4. The van der Waals surface area contributed by atoms with E-state index in [1.807, 2.05) is 83.3 Å². The molecule has 0 spiro atoms. The van der Waals surface area contributed by atoms with Gasteiger partial charge in [-0.2, -0.15) is 0 Å². The van der Waals surface area contributed by atoms with Gasteiger partial charge in [0.05, 0.1) is 21.4 Å². The van der Waals surface area contributed by atoms with Crippen LogP contribution in [0.5, 0.6) is 0 Å². The minimum Gasteiger partial charge on any atom is -0.308 e. The molecule has 0 unspecified atom stereocenters. The van der Waals surface area contributed by atoms with Gasteiger partial charge in [-0.3, -0.25) is 0 Å². The Bertz CT molecular complexity index is 3030. The summed E-state index contributed by atoms with van der Waals surface area (Å²) in [6, 6.07) is 55.9. The molecular formula is C45H26N4S2. The second-order valence-corrected chi connectivity index (χ2v) is 15.0. The lowest BCUT2D eigenvalue weighted by molar-refractivity contribution is 1.07. The van der Waals surface area contributed by atoms with Crippen LogP contribution in [0.1, 0.15) is 0 Å². The van der Waals surface area contributed by atoms with Crippen LogP contribution in [0.4, 0.5) is 0 Å². The fourth-order valence-corrected chi connectivity index (χ4v) is 9.88. The van der Waals surface area contributed by atoms with E-state index in [4.69, 9.17) is 15.0 Å². The monoisotopic (exact) mass is 686 g/mol. The maximum atomic E-state index is 4.98. The normalized spacial score (nSPS) is 11.9. The Labute approximate surface area is 300 Å². The van der Waals surface area contributed by atoms with Crippen LogP contribution in [0, 0.1) is 0 Å². The number of thiophene rings is 2. The first-order valence-corrected chi connectivity index (χ1v) is 18.6. The summed E-state index contributed by atoms with van der Waals surface area (Å²) in [5.74, 6) is 2.01. The molecule has 238 valence electrons. The second kappa shape index (κ2) is 11.2. The van der Waals surface area contributed by atoms with Gasteiger partial charge in [0, 0.05) is 63.1 Å². The second-order valence-electron chi connectivity index (χ2n) is 12.8. The third-order valence-corrected chi connectivity index (χ3v) is 12.2. The molecule has 4 heterocycles. The molecule has 11 aromatic rings. The van der Waals surface area contributed by atoms with Crippen LogP contribution in [0.25, 0.3) is 102 Å². The Morgan fingerprint density at radius 1 is 0.353 bits per heavy atom. The number of aromatic nitrogens is 4. The Morgan fingerprint density at radius 2 is 0.863 bits per heavy atom. The molecule has 6 heteroatoms. The van der Waals surface area contributed by atoms with Crippen LogP contribution in [-0.4, -0.2) is 19.5 Å². The van der Waals surface area contributed by atoms with E-state index >= 15 is 0 Å². The van der Waals surface area contributed by atoms with Crippen molar-refractivity contribution in [3.8, 4) is 39.9 Å². The zero-order chi connectivity index (χ0) is 33.5. The predicted octanol–water partition coefficient (Wildman–Crippen LogP) is 12.7. The van der Waals surface area contributed by atoms with E-state index in [9.17, 15) is 0 Å². The summed E-state index contributed by atoms with van der Waals surface area (Å²) < 4.78 is 7.55. The van der Waals surface area contributed by atoms with Gasteiger partial charge in [-0.15, -0.1) is 22.7 Å². The summed E-state index contributed by atoms with van der Waals surface area (Å²) in [7, 11) is 0. The highest BCUT2D eigenvalue weighted by Crippen LogP contribution is 2.45. The average Bonchev–Trinajstić information content (AvgIpc) is 3.86. The molecule has 0 fully saturated rings. The summed E-state index contributed by atoms with van der Waals surface area (Å²) in [5.41, 5.74) is 6.61. The minimum atomic E-state index is 0.670. The molecule has 7 aromatic carbocycles. The molecule has 0 saturated heterocycles. The largest absolute Gasteiger partial charge is 0.308 e. The molecule has 4 aromatic heterocycles. The van der Waals surface area contributed by atoms with Gasteiger partial charge >= 0.3 is 0 Å². The Hall–Kier alpha value is -6.21. The number of hydrogen-bond acceptors (Lipinski definition) is 5. The fourth-order valence-electron chi connectivity index (χ4n) is 7.49. The van der Waals surface area contributed by atoms with E-state index in [0.29, 0.717) is 17.5 Å². The lowest BCUT2D eigenvalue weighted by Crippen LogP contribution is -1.99. The van der Waals surface area contributed by atoms with E-state index in [1.165, 1.54) is 67.8 Å². The SMILES string of the molecule is c1ccc(-c2nc(-c3ccccc3)nc(-c3ccc4c(c3)sc3cc5c(cc34)sc3c(-n4c6ccccc6c6ccccc64)cccc35)n2)cc1. The third kappa shape index (κ3) is 4.47. The lowest BCUT2D eigenvalue weighted by Gasteiger charge is -2.09. The summed E-state index contributed by atoms with van der Waals surface area (Å²) in [6.45, 7) is 0. The molecule has 0 bridgehead atoms. The van der Waals surface area contributed by atoms with Crippen molar-refractivity contribution in [1.29, 1.82) is 0 Å². The number of fused-ring (bicyclic) bond motifs is 9. The summed E-state index contributed by atoms with van der Waals surface area (Å²) in [5, 5.41) is 7.69. The quantitative estimate of drug-likeness (QED) is 0.185. The summed E-state index contributed by atoms with van der Waals surface area (Å²) in [6.07, 6.45) is 0. The molecule has 51 heavy (non-hydrogen) atoms. The smallest absolute Gasteiger partial charge is 0.164 e. The average molecular weight is 687 g/mol. The molecule has 0 saturated carbocycles. The first kappa shape index (κ1) is 28.6. The van der Waals surface area contributed by atoms with Crippen molar-refractivity contribution in [2.75, 3.05) is 0 Å². The van der Waals surface area contributed by atoms with Crippen molar-refractivity contribution in [2.45, 2.75) is 0 Å². The van der Waals surface area contributed by atoms with Gasteiger partial charge in [0.15, 0.2) is 17.5 Å². The van der Waals surface area contributed by atoms with Gasteiger partial charge in [-0.1, -0.05) is 121 Å². The van der Waals surface area contributed by atoms with Crippen LogP contribution < -0.4 is 0 Å². The maximum absolute atomic E-state index is 4.98. The Balaban J connectivity index is 1.07. The number of benzene rings is 7. The standard InChI is InChI=1S/C45H26N4S2/c1-3-12-27(13-4-1)43-46-44(28-14-5-2-6-15-28)48-45(47-43)29-22-23-32-34-25-41-35(26-40(34)50-39(32)24-29)33-18-11-21-38(42(33)51-41)49-36-19-9-7-16-30(36)31-17-8-10-20-37(31)49/h1-26H. The molecule has 0 aliphatic carbocycles. The van der Waals surface area contributed by atoms with Crippen LogP contribution in [0.15, 0.2) is 158 Å². The highest BCUT2D eigenvalue weighted by Gasteiger charge is 2.18. The Morgan fingerprint density at radius 3 is 1.51 bits per heavy atom. The van der Waals surface area contributed by atoms with E-state index in [0.717, 1.165) is 16.7 Å². The van der Waals surface area contributed by atoms with Gasteiger partial charge in [-0.05, 0) is 36.4 Å². The van der Waals surface area contributed by atoms with Crippen molar-refractivity contribution in [3.05, 3.63) is 158 Å². The third-order valence-electron chi connectivity index (χ3n) is 9.85. The van der Waals surface area contributed by atoms with Crippen molar-refractivity contribution >= 4 is 84.8 Å². The van der Waals surface area contributed by atoms with E-state index < -0.39 is 0 Å². The predicted molar refractivity (Wildman–Crippen MR) is 216 cm³/mol. The first-order chi connectivity index (χ1) is 25.3. The van der Waals surface area contributed by atoms with Crippen molar-refractivity contribution < 1.29 is 0 Å². The molecule has 0 amide bonds. The zero-order valence-corrected chi connectivity index (χ0v) is 28.7. The van der Waals surface area contributed by atoms with Gasteiger partial charge in [0.2, 0.25) is 0 Å². The zero-order valence-electron chi connectivity index (χ0n) is 27.1. The van der Waals surface area contributed by atoms with Crippen LogP contribution in [-0.2, 0) is 0 Å². The molecule has 0 N–H and O–H groups in total. The first-order valence-electron chi connectivity index (χ1n) is 16.9. The molecule has 0 aliphatic rings. The van der Waals surface area contributed by atoms with Crippen molar-refractivity contribution in [2.24, 2.45) is 0 Å². The van der Waals surface area contributed by atoms with E-state index in [2.05, 4.69) is 102 Å². The Kier molecular flexibility index (Phi) is 6.26. The van der Waals surface area contributed by atoms with Crippen LogP contribution in [0.3, 0.4) is 0 Å². The molecule has 11 rings (SSSR count). The topological polar surface area (TPSA) is 43.6 Å². The number of para-hydroxylation sites is 2. The fraction of sp³-hybridized carbons (Fsp3) is 0. The summed E-state index contributed by atoms with van der Waals surface area (Å²) >= 11 is 3.72. The summed E-state index contributed by atoms with van der Waals surface area (Å²) in [4.78, 5) is 14.8. The highest BCUT2D eigenvalue weighted by atomic mass is 32.1. The molecule has 4 nitrogen and oxygen atoms in total. The molecular weight excluding hydrogens is 661 g/mol. The van der Waals surface area contributed by atoms with Crippen molar-refractivity contribution in [1.82, 2.24) is 19.5 Å². The van der Waals surface area contributed by atoms with Crippen LogP contribution in [0.2, 0.25) is 0 Å². The van der Waals surface area contributed by atoms with Gasteiger partial charge in [-0.25, -0.2) is 15.0 Å². The highest BCUT2D eigenvalue weighted by molar-refractivity contribution is 7.27. The molecule has 0 aliphatic heterocycles. The van der Waals surface area contributed by atoms with Gasteiger partial charge < -0.3 is 4.57 Å². The molecule has 0 radical (unpaired) electrons. The maximum Gasteiger partial charge on any atom is 0.164 e.